The highest BCUT2D eigenvalue weighted by Crippen LogP contribution is 2.61. The number of nitrogens with zero attached hydrogens (tertiary/aromatic N) is 1. The second kappa shape index (κ2) is 8.23. The lowest BCUT2D eigenvalue weighted by molar-refractivity contribution is -0.126. The average Bonchev–Trinajstić information content (AvgIpc) is 3.17. The Labute approximate surface area is 186 Å². The molecule has 1 amide bonds. The molecule has 4 saturated carbocycles. The van der Waals surface area contributed by atoms with Gasteiger partial charge in [0.15, 0.2) is 0 Å². The molecule has 0 radical (unpaired) electrons. The Balaban J connectivity index is 1.08. The van der Waals surface area contributed by atoms with Crippen LogP contribution >= 0.6 is 11.3 Å². The first-order valence-electron chi connectivity index (χ1n) is 11.9. The number of fused-ring (bicyclic) bond motifs is 1. The molecule has 0 spiro atoms. The number of H-pyrrole nitrogens is 1. The molecule has 6 nitrogen and oxygen atoms in total. The Hall–Kier alpha value is -1.89. The van der Waals surface area contributed by atoms with E-state index >= 15 is 0 Å². The van der Waals surface area contributed by atoms with Crippen molar-refractivity contribution in [3.8, 4) is 0 Å². The number of unbranched alkanes of at least 4 members (excludes halogenated alkanes) is 2. The van der Waals surface area contributed by atoms with Crippen LogP contribution in [0.3, 0.4) is 0 Å². The Morgan fingerprint density at radius 1 is 1.16 bits per heavy atom. The molecule has 0 aromatic carbocycles. The Morgan fingerprint density at radius 2 is 1.84 bits per heavy atom. The van der Waals surface area contributed by atoms with Gasteiger partial charge in [0.1, 0.15) is 4.70 Å². The van der Waals surface area contributed by atoms with E-state index in [0.29, 0.717) is 28.6 Å². The molecule has 2 N–H and O–H groups in total. The van der Waals surface area contributed by atoms with E-state index in [4.69, 9.17) is 0 Å². The van der Waals surface area contributed by atoms with E-state index in [2.05, 4.69) is 17.2 Å². The molecule has 1 atom stereocenters. The highest BCUT2D eigenvalue weighted by molar-refractivity contribution is 7.17. The van der Waals surface area contributed by atoms with Crippen molar-refractivity contribution in [2.75, 3.05) is 0 Å². The quantitative estimate of drug-likeness (QED) is 0.604. The second-order valence-corrected chi connectivity index (χ2v) is 11.3. The SMILES string of the molecule is CC(NC(=O)CCCCCn1c(=O)[nH]c2ccsc2c1=O)C12CC3CC(CC(C3)C1)C2. The minimum Gasteiger partial charge on any atom is -0.353 e. The van der Waals surface area contributed by atoms with Crippen molar-refractivity contribution in [3.05, 3.63) is 32.3 Å². The fourth-order valence-electron chi connectivity index (χ4n) is 7.08. The van der Waals surface area contributed by atoms with Crippen molar-refractivity contribution in [1.82, 2.24) is 14.9 Å². The molecule has 0 aliphatic heterocycles. The molecular weight excluding hydrogens is 410 g/mol. The molecular formula is C24H33N3O3S. The van der Waals surface area contributed by atoms with Crippen LogP contribution in [0, 0.1) is 23.2 Å². The first kappa shape index (κ1) is 21.0. The fourth-order valence-corrected chi connectivity index (χ4v) is 7.88. The van der Waals surface area contributed by atoms with Crippen LogP contribution in [0.4, 0.5) is 0 Å². The highest BCUT2D eigenvalue weighted by atomic mass is 32.1. The van der Waals surface area contributed by atoms with Gasteiger partial charge in [-0.05, 0) is 92.9 Å². The zero-order valence-corrected chi connectivity index (χ0v) is 19.1. The zero-order chi connectivity index (χ0) is 21.6. The van der Waals surface area contributed by atoms with Gasteiger partial charge < -0.3 is 10.3 Å². The molecule has 2 aromatic heterocycles. The number of hydrogen-bond acceptors (Lipinski definition) is 4. The van der Waals surface area contributed by atoms with Gasteiger partial charge in [-0.3, -0.25) is 14.2 Å². The van der Waals surface area contributed by atoms with E-state index in [1.54, 1.807) is 6.07 Å². The van der Waals surface area contributed by atoms with Crippen LogP contribution in [-0.2, 0) is 11.3 Å². The van der Waals surface area contributed by atoms with Gasteiger partial charge in [0.2, 0.25) is 5.91 Å². The molecule has 168 valence electrons. The van der Waals surface area contributed by atoms with E-state index in [9.17, 15) is 14.4 Å². The Kier molecular flexibility index (Phi) is 5.57. The van der Waals surface area contributed by atoms with Crippen molar-refractivity contribution in [1.29, 1.82) is 0 Å². The van der Waals surface area contributed by atoms with Crippen LogP contribution in [-0.4, -0.2) is 21.5 Å². The van der Waals surface area contributed by atoms with Gasteiger partial charge in [0, 0.05) is 19.0 Å². The maximum absolute atomic E-state index is 12.6. The Bertz CT molecular complexity index is 1050. The Morgan fingerprint density at radius 3 is 2.52 bits per heavy atom. The maximum Gasteiger partial charge on any atom is 0.328 e. The average molecular weight is 444 g/mol. The monoisotopic (exact) mass is 443 g/mol. The molecule has 1 unspecified atom stereocenters. The van der Waals surface area contributed by atoms with Crippen molar-refractivity contribution >= 4 is 27.5 Å². The van der Waals surface area contributed by atoms with Crippen LogP contribution in [0.15, 0.2) is 21.0 Å². The van der Waals surface area contributed by atoms with Crippen LogP contribution in [0.1, 0.15) is 71.1 Å². The summed E-state index contributed by atoms with van der Waals surface area (Å²) < 4.78 is 1.88. The summed E-state index contributed by atoms with van der Waals surface area (Å²) in [7, 11) is 0. The minimum atomic E-state index is -0.349. The third kappa shape index (κ3) is 4.01. The number of hydrogen-bond donors (Lipinski definition) is 2. The summed E-state index contributed by atoms with van der Waals surface area (Å²) in [6, 6.07) is 2.03. The van der Waals surface area contributed by atoms with Crippen molar-refractivity contribution in [2.24, 2.45) is 23.2 Å². The van der Waals surface area contributed by atoms with E-state index in [-0.39, 0.29) is 23.2 Å². The van der Waals surface area contributed by atoms with Crippen LogP contribution < -0.4 is 16.6 Å². The van der Waals surface area contributed by atoms with E-state index in [0.717, 1.165) is 37.0 Å². The number of nitrogens with one attached hydrogen (secondary N) is 2. The number of carbonyl (C=O) groups excluding carboxylic acids is 1. The normalized spacial score (nSPS) is 30.0. The number of carbonyl (C=O) groups is 1. The van der Waals surface area contributed by atoms with Crippen molar-refractivity contribution in [2.45, 2.75) is 83.7 Å². The van der Waals surface area contributed by atoms with Crippen LogP contribution in [0.5, 0.6) is 0 Å². The summed E-state index contributed by atoms with van der Waals surface area (Å²) in [6.45, 7) is 2.62. The molecule has 2 aromatic rings. The minimum absolute atomic E-state index is 0.151. The molecule has 4 aliphatic carbocycles. The van der Waals surface area contributed by atoms with Gasteiger partial charge >= 0.3 is 5.69 Å². The van der Waals surface area contributed by atoms with Crippen LogP contribution in [0.25, 0.3) is 10.2 Å². The summed E-state index contributed by atoms with van der Waals surface area (Å²) in [4.78, 5) is 40.0. The van der Waals surface area contributed by atoms with Gasteiger partial charge in [-0.25, -0.2) is 4.79 Å². The molecule has 31 heavy (non-hydrogen) atoms. The van der Waals surface area contributed by atoms with Crippen molar-refractivity contribution < 1.29 is 4.79 Å². The summed E-state index contributed by atoms with van der Waals surface area (Å²) in [5.74, 6) is 2.83. The maximum atomic E-state index is 12.6. The lowest BCUT2D eigenvalue weighted by atomic mass is 9.48. The lowest BCUT2D eigenvalue weighted by Crippen LogP contribution is -2.55. The van der Waals surface area contributed by atoms with Gasteiger partial charge in [-0.15, -0.1) is 11.3 Å². The predicted octanol–water partition coefficient (Wildman–Crippen LogP) is 4.03. The van der Waals surface area contributed by atoms with Crippen LogP contribution in [0.2, 0.25) is 0 Å². The number of rotatable bonds is 8. The van der Waals surface area contributed by atoms with Gasteiger partial charge in [0.05, 0.1) is 5.52 Å². The third-order valence-corrected chi connectivity index (χ3v) is 9.16. The number of aromatic amines is 1. The first-order chi connectivity index (χ1) is 14.9. The summed E-state index contributed by atoms with van der Waals surface area (Å²) in [5.41, 5.74) is 0.391. The predicted molar refractivity (Wildman–Crippen MR) is 123 cm³/mol. The van der Waals surface area contributed by atoms with Gasteiger partial charge in [0.25, 0.3) is 5.56 Å². The first-order valence-corrected chi connectivity index (χ1v) is 12.8. The molecule has 4 fully saturated rings. The van der Waals surface area contributed by atoms with E-state index in [1.807, 2.05) is 5.38 Å². The highest BCUT2D eigenvalue weighted by Gasteiger charge is 2.53. The zero-order valence-electron chi connectivity index (χ0n) is 18.3. The summed E-state index contributed by atoms with van der Waals surface area (Å²) in [5, 5.41) is 5.15. The molecule has 4 aliphatic rings. The molecule has 4 bridgehead atoms. The van der Waals surface area contributed by atoms with Gasteiger partial charge in [-0.1, -0.05) is 6.42 Å². The molecule has 6 rings (SSSR count). The topological polar surface area (TPSA) is 84.0 Å². The van der Waals surface area contributed by atoms with E-state index in [1.165, 1.54) is 54.4 Å². The molecule has 0 saturated heterocycles. The van der Waals surface area contributed by atoms with Crippen molar-refractivity contribution in [3.63, 3.8) is 0 Å². The lowest BCUT2D eigenvalue weighted by Gasteiger charge is -2.59. The standard InChI is InChI=1S/C24H33N3O3S/c1-15(24-12-16-9-17(13-24)11-18(10-16)14-24)25-20(28)5-3-2-4-7-27-22(29)21-19(6-8-31-21)26-23(27)30/h6,8,15-18H,2-5,7,9-14H2,1H3,(H,25,28)(H,26,30). The number of aromatic nitrogens is 2. The molecule has 7 heteroatoms. The fraction of sp³-hybridized carbons (Fsp3) is 0.708. The third-order valence-electron chi connectivity index (χ3n) is 8.26. The number of thiophene rings is 1. The smallest absolute Gasteiger partial charge is 0.328 e. The second-order valence-electron chi connectivity index (χ2n) is 10.4. The van der Waals surface area contributed by atoms with Gasteiger partial charge in [-0.2, -0.15) is 0 Å². The summed E-state index contributed by atoms with van der Waals surface area (Å²) >= 11 is 1.35. The molecule has 2 heterocycles. The summed E-state index contributed by atoms with van der Waals surface area (Å²) in [6.07, 6.45) is 11.0. The van der Waals surface area contributed by atoms with E-state index < -0.39 is 0 Å². The largest absolute Gasteiger partial charge is 0.353 e. The number of amides is 1.